The van der Waals surface area contributed by atoms with Crippen LogP contribution in [0.5, 0.6) is 0 Å². The van der Waals surface area contributed by atoms with Crippen LogP contribution in [-0.2, 0) is 11.3 Å². The molecule has 9 heteroatoms. The highest BCUT2D eigenvalue weighted by molar-refractivity contribution is 7.99. The number of furan rings is 1. The first kappa shape index (κ1) is 15.6. The first-order valence-corrected chi connectivity index (χ1v) is 8.41. The highest BCUT2D eigenvalue weighted by Gasteiger charge is 2.11. The molecular weight excluding hydrogens is 345 g/mol. The van der Waals surface area contributed by atoms with Crippen molar-refractivity contribution in [3.8, 4) is 0 Å². The normalized spacial score (nSPS) is 11.2. The Balaban J connectivity index is 1.44. The van der Waals surface area contributed by atoms with Crippen molar-refractivity contribution in [2.45, 2.75) is 11.7 Å². The van der Waals surface area contributed by atoms with Crippen molar-refractivity contribution in [3.05, 3.63) is 48.2 Å². The zero-order chi connectivity index (χ0) is 17.2. The van der Waals surface area contributed by atoms with Gasteiger partial charge in [-0.25, -0.2) is 9.37 Å². The topological polar surface area (TPSA) is 96.7 Å². The summed E-state index contributed by atoms with van der Waals surface area (Å²) in [7, 11) is 0. The van der Waals surface area contributed by atoms with Crippen molar-refractivity contribution in [3.63, 3.8) is 0 Å². The lowest BCUT2D eigenvalue weighted by atomic mass is 10.2. The summed E-state index contributed by atoms with van der Waals surface area (Å²) in [5.41, 5.74) is 1.74. The minimum atomic E-state index is -0.345. The van der Waals surface area contributed by atoms with E-state index in [-0.39, 0.29) is 17.5 Å². The zero-order valence-electron chi connectivity index (χ0n) is 12.8. The molecule has 0 radical (unpaired) electrons. The lowest BCUT2D eigenvalue weighted by Crippen LogP contribution is -2.24. The second-order valence-electron chi connectivity index (χ2n) is 5.25. The predicted octanol–water partition coefficient (Wildman–Crippen LogP) is 2.65. The van der Waals surface area contributed by atoms with Gasteiger partial charge in [-0.3, -0.25) is 4.79 Å². The summed E-state index contributed by atoms with van der Waals surface area (Å²) < 4.78 is 18.5. The van der Waals surface area contributed by atoms with Crippen LogP contribution in [0.1, 0.15) is 5.76 Å². The molecular formula is C16H12FN5O2S. The van der Waals surface area contributed by atoms with Crippen molar-refractivity contribution in [1.82, 2.24) is 25.5 Å². The lowest BCUT2D eigenvalue weighted by Gasteiger charge is -2.02. The lowest BCUT2D eigenvalue weighted by molar-refractivity contribution is -0.118. The van der Waals surface area contributed by atoms with E-state index in [0.29, 0.717) is 34.0 Å². The summed E-state index contributed by atoms with van der Waals surface area (Å²) >= 11 is 1.17. The number of amides is 1. The Morgan fingerprint density at radius 2 is 2.24 bits per heavy atom. The van der Waals surface area contributed by atoms with Crippen LogP contribution < -0.4 is 5.32 Å². The van der Waals surface area contributed by atoms with Gasteiger partial charge in [0.15, 0.2) is 5.65 Å². The van der Waals surface area contributed by atoms with Gasteiger partial charge in [-0.15, -0.1) is 10.2 Å². The fourth-order valence-corrected chi connectivity index (χ4v) is 2.99. The number of aromatic nitrogens is 4. The Labute approximate surface area is 145 Å². The Hall–Kier alpha value is -2.94. The molecule has 25 heavy (non-hydrogen) atoms. The van der Waals surface area contributed by atoms with Crippen LogP contribution in [0.4, 0.5) is 4.39 Å². The molecule has 0 spiro atoms. The van der Waals surface area contributed by atoms with Crippen molar-refractivity contribution in [2.24, 2.45) is 0 Å². The molecule has 3 aromatic heterocycles. The second-order valence-corrected chi connectivity index (χ2v) is 6.19. The maximum Gasteiger partial charge on any atom is 0.230 e. The number of aromatic amines is 1. The number of hydrogen-bond donors (Lipinski definition) is 2. The summed E-state index contributed by atoms with van der Waals surface area (Å²) in [5, 5.41) is 11.8. The van der Waals surface area contributed by atoms with E-state index in [2.05, 4.69) is 25.5 Å². The molecule has 0 saturated carbocycles. The first-order valence-electron chi connectivity index (χ1n) is 7.42. The molecule has 0 unspecified atom stereocenters. The highest BCUT2D eigenvalue weighted by Crippen LogP contribution is 2.24. The maximum absolute atomic E-state index is 13.4. The molecule has 3 heterocycles. The smallest absolute Gasteiger partial charge is 0.230 e. The van der Waals surface area contributed by atoms with Gasteiger partial charge < -0.3 is 14.7 Å². The van der Waals surface area contributed by atoms with E-state index in [0.717, 1.165) is 5.52 Å². The van der Waals surface area contributed by atoms with Gasteiger partial charge in [-0.2, -0.15) is 0 Å². The van der Waals surface area contributed by atoms with Gasteiger partial charge in [-0.1, -0.05) is 11.8 Å². The Morgan fingerprint density at radius 1 is 1.32 bits per heavy atom. The summed E-state index contributed by atoms with van der Waals surface area (Å²) in [5.74, 6) is 0.330. The predicted molar refractivity (Wildman–Crippen MR) is 90.4 cm³/mol. The minimum Gasteiger partial charge on any atom is -0.467 e. The molecule has 0 fully saturated rings. The Morgan fingerprint density at radius 3 is 3.08 bits per heavy atom. The number of rotatable bonds is 5. The number of hydrogen-bond acceptors (Lipinski definition) is 6. The minimum absolute atomic E-state index is 0.156. The zero-order valence-corrected chi connectivity index (χ0v) is 13.6. The van der Waals surface area contributed by atoms with Gasteiger partial charge in [-0.05, 0) is 30.3 Å². The van der Waals surface area contributed by atoms with E-state index in [1.54, 1.807) is 24.5 Å². The van der Waals surface area contributed by atoms with E-state index < -0.39 is 0 Å². The van der Waals surface area contributed by atoms with E-state index >= 15 is 0 Å². The number of nitrogens with zero attached hydrogens (tertiary/aromatic N) is 3. The monoisotopic (exact) mass is 357 g/mol. The molecule has 0 bridgehead atoms. The number of halogens is 1. The van der Waals surface area contributed by atoms with Gasteiger partial charge in [0.1, 0.15) is 17.1 Å². The van der Waals surface area contributed by atoms with E-state index in [4.69, 9.17) is 4.42 Å². The molecule has 0 aliphatic rings. The third kappa shape index (κ3) is 3.31. The molecule has 4 aromatic rings. The van der Waals surface area contributed by atoms with Crippen LogP contribution in [0.2, 0.25) is 0 Å². The standard InChI is InChI=1S/C16H12FN5O2S/c17-9-3-4-12-11(6-9)14-15(19-12)20-16(22-21-14)25-8-13(23)18-7-10-2-1-5-24-10/h1-6H,7-8H2,(H,18,23)(H,19,20,22). The van der Waals surface area contributed by atoms with Crippen LogP contribution in [0.3, 0.4) is 0 Å². The van der Waals surface area contributed by atoms with E-state index in [1.165, 1.54) is 23.9 Å². The maximum atomic E-state index is 13.4. The van der Waals surface area contributed by atoms with Crippen molar-refractivity contribution in [2.75, 3.05) is 5.75 Å². The van der Waals surface area contributed by atoms with Gasteiger partial charge >= 0.3 is 0 Å². The third-order valence-electron chi connectivity index (χ3n) is 3.53. The summed E-state index contributed by atoms with van der Waals surface area (Å²) in [6.07, 6.45) is 1.55. The molecule has 0 saturated heterocycles. The van der Waals surface area contributed by atoms with E-state index in [9.17, 15) is 9.18 Å². The van der Waals surface area contributed by atoms with Crippen LogP contribution in [0, 0.1) is 5.82 Å². The number of carbonyl (C=O) groups excluding carboxylic acids is 1. The second kappa shape index (κ2) is 6.52. The number of H-pyrrole nitrogens is 1. The number of carbonyl (C=O) groups is 1. The SMILES string of the molecule is O=C(CSc1nnc2c(n1)[nH]c1ccc(F)cc12)NCc1ccco1. The number of nitrogens with one attached hydrogen (secondary N) is 2. The molecule has 0 aliphatic carbocycles. The molecule has 7 nitrogen and oxygen atoms in total. The van der Waals surface area contributed by atoms with Crippen molar-refractivity contribution < 1.29 is 13.6 Å². The number of thioether (sulfide) groups is 1. The molecule has 1 amide bonds. The summed E-state index contributed by atoms with van der Waals surface area (Å²) in [6, 6.07) is 7.93. The van der Waals surface area contributed by atoms with Gasteiger partial charge in [0.2, 0.25) is 11.1 Å². The van der Waals surface area contributed by atoms with Gasteiger partial charge in [0, 0.05) is 10.9 Å². The van der Waals surface area contributed by atoms with Crippen LogP contribution in [0.15, 0.2) is 46.2 Å². The van der Waals surface area contributed by atoms with Crippen molar-refractivity contribution in [1.29, 1.82) is 0 Å². The van der Waals surface area contributed by atoms with Crippen molar-refractivity contribution >= 4 is 39.7 Å². The third-order valence-corrected chi connectivity index (χ3v) is 4.37. The van der Waals surface area contributed by atoms with Gasteiger partial charge in [0.25, 0.3) is 0 Å². The average Bonchev–Trinajstić information content (AvgIpc) is 3.25. The average molecular weight is 357 g/mol. The fraction of sp³-hybridized carbons (Fsp3) is 0.125. The Kier molecular flexibility index (Phi) is 4.06. The van der Waals surface area contributed by atoms with E-state index in [1.807, 2.05) is 0 Å². The molecule has 126 valence electrons. The molecule has 0 aliphatic heterocycles. The fourth-order valence-electron chi connectivity index (χ4n) is 2.37. The first-order chi connectivity index (χ1) is 12.2. The van der Waals surface area contributed by atoms with Crippen LogP contribution in [0.25, 0.3) is 22.1 Å². The molecule has 0 atom stereocenters. The Bertz CT molecular complexity index is 1050. The van der Waals surface area contributed by atoms with Crippen LogP contribution in [-0.4, -0.2) is 31.8 Å². The summed E-state index contributed by atoms with van der Waals surface area (Å²) in [6.45, 7) is 0.331. The highest BCUT2D eigenvalue weighted by atomic mass is 32.2. The largest absolute Gasteiger partial charge is 0.467 e. The van der Waals surface area contributed by atoms with Crippen LogP contribution >= 0.6 is 11.8 Å². The van der Waals surface area contributed by atoms with Gasteiger partial charge in [0.05, 0.1) is 18.6 Å². The number of fused-ring (bicyclic) bond motifs is 3. The molecule has 2 N–H and O–H groups in total. The quantitative estimate of drug-likeness (QED) is 0.533. The summed E-state index contributed by atoms with van der Waals surface area (Å²) in [4.78, 5) is 19.3. The number of benzene rings is 1. The molecule has 4 rings (SSSR count). The molecule has 1 aromatic carbocycles.